The molecule has 0 saturated carbocycles. The van der Waals surface area contributed by atoms with E-state index in [4.69, 9.17) is 10.5 Å². The first-order chi connectivity index (χ1) is 8.66. The summed E-state index contributed by atoms with van der Waals surface area (Å²) < 4.78 is 4.71. The molecule has 2 rings (SSSR count). The lowest BCUT2D eigenvalue weighted by atomic mass is 10.1. The van der Waals surface area contributed by atoms with Crippen molar-refractivity contribution >= 4 is 12.0 Å². The third-order valence-corrected chi connectivity index (χ3v) is 2.96. The predicted molar refractivity (Wildman–Crippen MR) is 66.4 cm³/mol. The van der Waals surface area contributed by atoms with Gasteiger partial charge in [0.05, 0.1) is 0 Å². The van der Waals surface area contributed by atoms with Crippen LogP contribution in [0.1, 0.15) is 29.6 Å². The van der Waals surface area contributed by atoms with Crippen LogP contribution in [0.3, 0.4) is 0 Å². The lowest BCUT2D eigenvalue weighted by molar-refractivity contribution is 0.0724. The third-order valence-electron chi connectivity index (χ3n) is 2.96. The van der Waals surface area contributed by atoms with Gasteiger partial charge in [-0.2, -0.15) is 0 Å². The molecular weight excluding hydrogens is 232 g/mol. The van der Waals surface area contributed by atoms with Crippen LogP contribution in [0.25, 0.3) is 0 Å². The number of benzene rings is 1. The fourth-order valence-corrected chi connectivity index (χ4v) is 2.06. The van der Waals surface area contributed by atoms with E-state index in [0.717, 1.165) is 25.9 Å². The van der Waals surface area contributed by atoms with Crippen LogP contribution < -0.4 is 10.5 Å². The molecule has 0 spiro atoms. The molecular formula is C13H16N2O3. The van der Waals surface area contributed by atoms with Gasteiger partial charge in [-0.05, 0) is 43.5 Å². The lowest BCUT2D eigenvalue weighted by Crippen LogP contribution is -2.35. The Balaban J connectivity index is 2.04. The van der Waals surface area contributed by atoms with Crippen molar-refractivity contribution in [2.75, 3.05) is 13.1 Å². The highest BCUT2D eigenvalue weighted by Gasteiger charge is 2.17. The van der Waals surface area contributed by atoms with Crippen LogP contribution >= 0.6 is 0 Å². The number of nitrogens with zero attached hydrogens (tertiary/aromatic N) is 1. The minimum Gasteiger partial charge on any atom is -0.411 e. The molecule has 1 aliphatic rings. The molecule has 0 aromatic heterocycles. The van der Waals surface area contributed by atoms with Gasteiger partial charge < -0.3 is 15.4 Å². The molecule has 2 amide bonds. The van der Waals surface area contributed by atoms with Crippen LogP contribution in [0.15, 0.2) is 24.3 Å². The SMILES string of the molecule is NC(=O)Oc1ccc(C(=O)N2CCCCC2)cc1. The summed E-state index contributed by atoms with van der Waals surface area (Å²) in [5.41, 5.74) is 5.51. The summed E-state index contributed by atoms with van der Waals surface area (Å²) >= 11 is 0. The van der Waals surface area contributed by atoms with Crippen molar-refractivity contribution in [1.29, 1.82) is 0 Å². The van der Waals surface area contributed by atoms with E-state index in [1.807, 2.05) is 4.90 Å². The molecule has 1 aliphatic heterocycles. The molecule has 0 unspecified atom stereocenters. The van der Waals surface area contributed by atoms with Crippen LogP contribution in [-0.4, -0.2) is 30.0 Å². The monoisotopic (exact) mass is 248 g/mol. The molecule has 2 N–H and O–H groups in total. The molecule has 5 nitrogen and oxygen atoms in total. The Morgan fingerprint density at radius 1 is 1.06 bits per heavy atom. The summed E-state index contributed by atoms with van der Waals surface area (Å²) in [7, 11) is 0. The van der Waals surface area contributed by atoms with E-state index in [2.05, 4.69) is 0 Å². The number of hydrogen-bond donors (Lipinski definition) is 1. The van der Waals surface area contributed by atoms with E-state index in [9.17, 15) is 9.59 Å². The lowest BCUT2D eigenvalue weighted by Gasteiger charge is -2.26. The minimum absolute atomic E-state index is 0.0281. The van der Waals surface area contributed by atoms with Crippen molar-refractivity contribution in [3.05, 3.63) is 29.8 Å². The van der Waals surface area contributed by atoms with Gasteiger partial charge in [0.15, 0.2) is 0 Å². The molecule has 0 aliphatic carbocycles. The van der Waals surface area contributed by atoms with E-state index in [1.165, 1.54) is 6.42 Å². The van der Waals surface area contributed by atoms with Crippen molar-refractivity contribution in [1.82, 2.24) is 4.90 Å². The van der Waals surface area contributed by atoms with Gasteiger partial charge in [-0.3, -0.25) is 4.79 Å². The molecule has 96 valence electrons. The Morgan fingerprint density at radius 3 is 2.22 bits per heavy atom. The van der Waals surface area contributed by atoms with Crippen molar-refractivity contribution in [2.45, 2.75) is 19.3 Å². The minimum atomic E-state index is -0.856. The first-order valence-electron chi connectivity index (χ1n) is 6.03. The number of carbonyl (C=O) groups excluding carboxylic acids is 2. The number of rotatable bonds is 2. The average Bonchev–Trinajstić information content (AvgIpc) is 2.39. The third kappa shape index (κ3) is 3.00. The van der Waals surface area contributed by atoms with Crippen molar-refractivity contribution in [3.8, 4) is 5.75 Å². The normalized spacial score (nSPS) is 15.2. The topological polar surface area (TPSA) is 72.6 Å². The molecule has 1 aromatic carbocycles. The number of primary amides is 1. The maximum atomic E-state index is 12.1. The van der Waals surface area contributed by atoms with Gasteiger partial charge in [-0.25, -0.2) is 4.79 Å². The fourth-order valence-electron chi connectivity index (χ4n) is 2.06. The summed E-state index contributed by atoms with van der Waals surface area (Å²) in [5, 5.41) is 0. The van der Waals surface area contributed by atoms with Crippen LogP contribution in [0.5, 0.6) is 5.75 Å². The second kappa shape index (κ2) is 5.53. The predicted octanol–water partition coefficient (Wildman–Crippen LogP) is 1.77. The summed E-state index contributed by atoms with van der Waals surface area (Å²) in [6.07, 6.45) is 2.46. The zero-order chi connectivity index (χ0) is 13.0. The Hall–Kier alpha value is -2.04. The van der Waals surface area contributed by atoms with Crippen molar-refractivity contribution in [3.63, 3.8) is 0 Å². The quantitative estimate of drug-likeness (QED) is 0.866. The Bertz CT molecular complexity index is 436. The van der Waals surface area contributed by atoms with Crippen LogP contribution in [0.2, 0.25) is 0 Å². The van der Waals surface area contributed by atoms with Crippen LogP contribution in [0.4, 0.5) is 4.79 Å². The zero-order valence-corrected chi connectivity index (χ0v) is 10.1. The summed E-state index contributed by atoms with van der Waals surface area (Å²) in [6, 6.07) is 6.44. The highest BCUT2D eigenvalue weighted by molar-refractivity contribution is 5.94. The van der Waals surface area contributed by atoms with Gasteiger partial charge in [0.2, 0.25) is 0 Å². The maximum absolute atomic E-state index is 12.1. The summed E-state index contributed by atoms with van der Waals surface area (Å²) in [6.45, 7) is 1.64. The molecule has 0 bridgehead atoms. The van der Waals surface area contributed by atoms with Gasteiger partial charge in [0.1, 0.15) is 5.75 Å². The molecule has 1 saturated heterocycles. The molecule has 0 radical (unpaired) electrons. The highest BCUT2D eigenvalue weighted by atomic mass is 16.5. The number of likely N-dealkylation sites (tertiary alicyclic amines) is 1. The molecule has 1 heterocycles. The second-order valence-electron chi connectivity index (χ2n) is 4.30. The van der Waals surface area contributed by atoms with Crippen molar-refractivity contribution in [2.24, 2.45) is 5.73 Å². The van der Waals surface area contributed by atoms with Gasteiger partial charge in [-0.1, -0.05) is 0 Å². The van der Waals surface area contributed by atoms with Gasteiger partial charge in [-0.15, -0.1) is 0 Å². The zero-order valence-electron chi connectivity index (χ0n) is 10.1. The van der Waals surface area contributed by atoms with Crippen LogP contribution in [0, 0.1) is 0 Å². The Morgan fingerprint density at radius 2 is 1.67 bits per heavy atom. The van der Waals surface area contributed by atoms with Gasteiger partial charge in [0, 0.05) is 18.7 Å². The number of carbonyl (C=O) groups is 2. The van der Waals surface area contributed by atoms with E-state index in [1.54, 1.807) is 24.3 Å². The summed E-state index contributed by atoms with van der Waals surface area (Å²) in [4.78, 5) is 24.5. The number of piperidine rings is 1. The van der Waals surface area contributed by atoms with Crippen molar-refractivity contribution < 1.29 is 14.3 Å². The largest absolute Gasteiger partial charge is 0.411 e. The number of hydrogen-bond acceptors (Lipinski definition) is 3. The van der Waals surface area contributed by atoms with Crippen LogP contribution in [-0.2, 0) is 0 Å². The molecule has 0 atom stereocenters. The van der Waals surface area contributed by atoms with E-state index < -0.39 is 6.09 Å². The standard InChI is InChI=1S/C13H16N2O3/c14-13(17)18-11-6-4-10(5-7-11)12(16)15-8-2-1-3-9-15/h4-7H,1-3,8-9H2,(H2,14,17). The van der Waals surface area contributed by atoms with Gasteiger partial charge >= 0.3 is 6.09 Å². The fraction of sp³-hybridized carbons (Fsp3) is 0.385. The van der Waals surface area contributed by atoms with E-state index >= 15 is 0 Å². The number of amides is 2. The smallest absolute Gasteiger partial charge is 0.409 e. The number of ether oxygens (including phenoxy) is 1. The first kappa shape index (κ1) is 12.4. The first-order valence-corrected chi connectivity index (χ1v) is 6.03. The molecule has 18 heavy (non-hydrogen) atoms. The average molecular weight is 248 g/mol. The number of nitrogens with two attached hydrogens (primary N) is 1. The molecule has 5 heteroatoms. The Kier molecular flexibility index (Phi) is 3.82. The van der Waals surface area contributed by atoms with E-state index in [0.29, 0.717) is 11.3 Å². The van der Waals surface area contributed by atoms with E-state index in [-0.39, 0.29) is 5.91 Å². The Labute approximate surface area is 106 Å². The highest BCUT2D eigenvalue weighted by Crippen LogP contribution is 2.16. The second-order valence-corrected chi connectivity index (χ2v) is 4.30. The molecule has 1 aromatic rings. The summed E-state index contributed by atoms with van der Waals surface area (Å²) in [5.74, 6) is 0.373. The molecule has 1 fully saturated rings. The maximum Gasteiger partial charge on any atom is 0.409 e. The van der Waals surface area contributed by atoms with Gasteiger partial charge in [0.25, 0.3) is 5.91 Å².